The van der Waals surface area contributed by atoms with Crippen LogP contribution in [0, 0.1) is 29.1 Å². The molecule has 0 aliphatic heterocycles. The smallest absolute Gasteiger partial charge is 0.315 e. The predicted octanol–water partition coefficient (Wildman–Crippen LogP) is 3.45. The highest BCUT2D eigenvalue weighted by molar-refractivity contribution is 5.78. The van der Waals surface area contributed by atoms with Crippen LogP contribution < -0.4 is 16.0 Å². The molecule has 172 valence electrons. The summed E-state index contributed by atoms with van der Waals surface area (Å²) in [5.74, 6) is -0.112. The molecule has 6 heteroatoms. The van der Waals surface area contributed by atoms with E-state index in [4.69, 9.17) is 0 Å². The van der Waals surface area contributed by atoms with Crippen LogP contribution in [0.3, 0.4) is 0 Å². The molecule has 0 aromatic heterocycles. The summed E-state index contributed by atoms with van der Waals surface area (Å²) < 4.78 is 0. The highest BCUT2D eigenvalue weighted by Crippen LogP contribution is 2.55. The Morgan fingerprint density at radius 1 is 1.16 bits per heavy atom. The van der Waals surface area contributed by atoms with Crippen LogP contribution in [0.5, 0.6) is 0 Å². The molecule has 2 saturated carbocycles. The lowest BCUT2D eigenvalue weighted by Crippen LogP contribution is -2.59. The monoisotopic (exact) mass is 429 g/mol. The van der Waals surface area contributed by atoms with E-state index < -0.39 is 6.10 Å². The molecule has 0 unspecified atom stereocenters. The average Bonchev–Trinajstić information content (AvgIpc) is 2.75. The summed E-state index contributed by atoms with van der Waals surface area (Å²) in [6, 6.07) is 9.79. The molecule has 0 spiro atoms. The number of carbonyl (C=O) groups is 2. The molecule has 4 N–H and O–H groups in total. The molecule has 0 heterocycles. The number of urea groups is 1. The maximum absolute atomic E-state index is 12.9. The number of carbonyl (C=O) groups excluding carboxylic acids is 2. The number of amides is 3. The summed E-state index contributed by atoms with van der Waals surface area (Å²) in [7, 11) is 0. The molecule has 2 aliphatic rings. The van der Waals surface area contributed by atoms with E-state index in [9.17, 15) is 14.7 Å². The molecule has 3 rings (SSSR count). The minimum Gasteiger partial charge on any atom is -0.392 e. The standard InChI is InChI=1S/C25H39N3O3/c1-5-26-24(31)28-20-12-14-25(4)13-11-19(22(29)21(25)17(20)3)16(2)23(30)27-15-18-9-7-6-8-10-18/h6-10,16-17,19-22,29H,5,11-15H2,1-4H3,(H,27,30)(H2,26,28,31)/t16-,17+,19-,20+,21+,22-,25+/m0/s1. The molecule has 0 saturated heterocycles. The number of aliphatic hydroxyl groups is 1. The number of hydrogen-bond acceptors (Lipinski definition) is 3. The Morgan fingerprint density at radius 2 is 1.84 bits per heavy atom. The first-order valence-electron chi connectivity index (χ1n) is 11.8. The van der Waals surface area contributed by atoms with Crippen LogP contribution in [-0.4, -0.2) is 35.7 Å². The van der Waals surface area contributed by atoms with Crippen LogP contribution in [0.2, 0.25) is 0 Å². The van der Waals surface area contributed by atoms with Gasteiger partial charge in [0.15, 0.2) is 0 Å². The zero-order valence-electron chi connectivity index (χ0n) is 19.4. The van der Waals surface area contributed by atoms with E-state index in [0.717, 1.165) is 31.2 Å². The molecule has 3 amide bonds. The maximum atomic E-state index is 12.9. The van der Waals surface area contributed by atoms with E-state index in [-0.39, 0.29) is 47.1 Å². The van der Waals surface area contributed by atoms with Crippen molar-refractivity contribution in [2.45, 2.75) is 72.1 Å². The molecule has 7 atom stereocenters. The number of benzene rings is 1. The molecular weight excluding hydrogens is 390 g/mol. The Morgan fingerprint density at radius 3 is 2.52 bits per heavy atom. The van der Waals surface area contributed by atoms with Gasteiger partial charge in [0.25, 0.3) is 0 Å². The molecule has 6 nitrogen and oxygen atoms in total. The lowest BCUT2D eigenvalue weighted by molar-refractivity contribution is -0.142. The topological polar surface area (TPSA) is 90.5 Å². The lowest BCUT2D eigenvalue weighted by atomic mass is 9.52. The number of rotatable bonds is 6. The number of hydrogen-bond donors (Lipinski definition) is 4. The zero-order valence-corrected chi connectivity index (χ0v) is 19.4. The molecule has 1 aromatic carbocycles. The first kappa shape index (κ1) is 23.6. The second kappa shape index (κ2) is 10.0. The van der Waals surface area contributed by atoms with Gasteiger partial charge in [0, 0.05) is 25.0 Å². The highest BCUT2D eigenvalue weighted by Gasteiger charge is 2.53. The minimum absolute atomic E-state index is 0.00281. The first-order valence-corrected chi connectivity index (χ1v) is 11.8. The van der Waals surface area contributed by atoms with Crippen LogP contribution in [-0.2, 0) is 11.3 Å². The summed E-state index contributed by atoms with van der Waals surface area (Å²) in [6.45, 7) is 9.35. The number of aliphatic hydroxyl groups excluding tert-OH is 1. The summed E-state index contributed by atoms with van der Waals surface area (Å²) in [4.78, 5) is 25.0. The van der Waals surface area contributed by atoms with E-state index in [2.05, 4.69) is 29.8 Å². The molecule has 0 bridgehead atoms. The van der Waals surface area contributed by atoms with Crippen molar-refractivity contribution in [2.75, 3.05) is 6.54 Å². The molecule has 2 aliphatic carbocycles. The maximum Gasteiger partial charge on any atom is 0.315 e. The SMILES string of the molecule is CCNC(=O)N[C@@H]1CC[C@@]2(C)CC[C@@H]([C@H](C)C(=O)NCc3ccccc3)[C@H](O)[C@H]2[C@@H]1C. The van der Waals surface area contributed by atoms with Crippen molar-refractivity contribution in [3.8, 4) is 0 Å². The zero-order chi connectivity index (χ0) is 22.6. The first-order chi connectivity index (χ1) is 14.8. The summed E-state index contributed by atoms with van der Waals surface area (Å²) in [5, 5.41) is 20.4. The van der Waals surface area contributed by atoms with E-state index in [0.29, 0.717) is 13.1 Å². The van der Waals surface area contributed by atoms with Crippen LogP contribution in [0.4, 0.5) is 4.79 Å². The summed E-state index contributed by atoms with van der Waals surface area (Å²) >= 11 is 0. The van der Waals surface area contributed by atoms with E-state index in [1.165, 1.54) is 0 Å². The van der Waals surface area contributed by atoms with Crippen LogP contribution in [0.15, 0.2) is 30.3 Å². The van der Waals surface area contributed by atoms with Gasteiger partial charge in [-0.3, -0.25) is 4.79 Å². The fourth-order valence-corrected chi connectivity index (χ4v) is 6.02. The quantitative estimate of drug-likeness (QED) is 0.558. The molecule has 31 heavy (non-hydrogen) atoms. The average molecular weight is 430 g/mol. The van der Waals surface area contributed by atoms with E-state index in [1.807, 2.05) is 44.2 Å². The predicted molar refractivity (Wildman–Crippen MR) is 122 cm³/mol. The van der Waals surface area contributed by atoms with Crippen LogP contribution >= 0.6 is 0 Å². The Labute approximate surface area is 186 Å². The Hall–Kier alpha value is -2.08. The summed E-state index contributed by atoms with van der Waals surface area (Å²) in [5.41, 5.74) is 1.12. The van der Waals surface area contributed by atoms with E-state index in [1.54, 1.807) is 0 Å². The largest absolute Gasteiger partial charge is 0.392 e. The number of fused-ring (bicyclic) bond motifs is 1. The van der Waals surface area contributed by atoms with Gasteiger partial charge in [-0.1, -0.05) is 51.1 Å². The van der Waals surface area contributed by atoms with Crippen molar-refractivity contribution in [3.05, 3.63) is 35.9 Å². The summed E-state index contributed by atoms with van der Waals surface area (Å²) in [6.07, 6.45) is 3.22. The third-order valence-electron chi connectivity index (χ3n) is 7.91. The fourth-order valence-electron chi connectivity index (χ4n) is 6.02. The fraction of sp³-hybridized carbons (Fsp3) is 0.680. The minimum atomic E-state index is -0.551. The van der Waals surface area contributed by atoms with E-state index >= 15 is 0 Å². The van der Waals surface area contributed by atoms with Gasteiger partial charge in [-0.05, 0) is 61.3 Å². The van der Waals surface area contributed by atoms with Gasteiger partial charge in [0.2, 0.25) is 5.91 Å². The van der Waals surface area contributed by atoms with Gasteiger partial charge in [0.1, 0.15) is 0 Å². The molecule has 1 aromatic rings. The van der Waals surface area contributed by atoms with Gasteiger partial charge in [-0.2, -0.15) is 0 Å². The number of nitrogens with one attached hydrogen (secondary N) is 3. The Balaban J connectivity index is 1.66. The molecule has 0 radical (unpaired) electrons. The molecular formula is C25H39N3O3. The van der Waals surface area contributed by atoms with Gasteiger partial charge in [0.05, 0.1) is 6.10 Å². The van der Waals surface area contributed by atoms with Crippen LogP contribution in [0.1, 0.15) is 58.9 Å². The van der Waals surface area contributed by atoms with Gasteiger partial charge >= 0.3 is 6.03 Å². The Kier molecular flexibility index (Phi) is 7.63. The van der Waals surface area contributed by atoms with Crippen molar-refractivity contribution >= 4 is 11.9 Å². The second-order valence-corrected chi connectivity index (χ2v) is 9.87. The lowest BCUT2D eigenvalue weighted by Gasteiger charge is -2.56. The van der Waals surface area contributed by atoms with Crippen molar-refractivity contribution in [2.24, 2.45) is 29.1 Å². The van der Waals surface area contributed by atoms with Crippen LogP contribution in [0.25, 0.3) is 0 Å². The van der Waals surface area contributed by atoms with Crippen molar-refractivity contribution in [3.63, 3.8) is 0 Å². The molecule has 2 fully saturated rings. The van der Waals surface area contributed by atoms with Crippen molar-refractivity contribution < 1.29 is 14.7 Å². The normalized spacial score (nSPS) is 33.6. The van der Waals surface area contributed by atoms with Gasteiger partial charge in [-0.25, -0.2) is 4.79 Å². The highest BCUT2D eigenvalue weighted by atomic mass is 16.3. The van der Waals surface area contributed by atoms with Crippen molar-refractivity contribution in [1.29, 1.82) is 0 Å². The van der Waals surface area contributed by atoms with Gasteiger partial charge < -0.3 is 21.1 Å². The third kappa shape index (κ3) is 5.22. The second-order valence-electron chi connectivity index (χ2n) is 9.87. The Bertz CT molecular complexity index is 756. The van der Waals surface area contributed by atoms with Gasteiger partial charge in [-0.15, -0.1) is 0 Å². The van der Waals surface area contributed by atoms with Crippen molar-refractivity contribution in [1.82, 2.24) is 16.0 Å². The third-order valence-corrected chi connectivity index (χ3v) is 7.91.